The van der Waals surface area contributed by atoms with Gasteiger partial charge < -0.3 is 40.3 Å². The Kier molecular flexibility index (Phi) is 42.3. The van der Waals surface area contributed by atoms with Crippen molar-refractivity contribution in [2.75, 3.05) is 13.2 Å². The molecule has 1 aliphatic heterocycles. The lowest BCUT2D eigenvalue weighted by atomic mass is 9.99. The summed E-state index contributed by atoms with van der Waals surface area (Å²) in [5.74, 6) is -0.146. The molecule has 0 bridgehead atoms. The summed E-state index contributed by atoms with van der Waals surface area (Å²) >= 11 is 0. The van der Waals surface area contributed by atoms with Crippen molar-refractivity contribution in [3.05, 3.63) is 48.6 Å². The number of aliphatic hydroxyl groups excluding tert-OH is 5. The first-order valence-electron chi connectivity index (χ1n) is 26.8. The van der Waals surface area contributed by atoms with Crippen LogP contribution in [-0.4, -0.2) is 87.5 Å². The van der Waals surface area contributed by atoms with Crippen molar-refractivity contribution in [2.24, 2.45) is 0 Å². The van der Waals surface area contributed by atoms with Crippen molar-refractivity contribution in [3.63, 3.8) is 0 Å². The van der Waals surface area contributed by atoms with Gasteiger partial charge in [0.15, 0.2) is 6.29 Å². The molecule has 7 atom stereocenters. The second-order valence-electron chi connectivity index (χ2n) is 18.6. The smallest absolute Gasteiger partial charge is 0.220 e. The minimum atomic E-state index is -1.55. The monoisotopic (exact) mass is 904 g/mol. The summed E-state index contributed by atoms with van der Waals surface area (Å²) in [7, 11) is 0. The summed E-state index contributed by atoms with van der Waals surface area (Å²) in [5.41, 5.74) is 0. The van der Waals surface area contributed by atoms with Crippen LogP contribution < -0.4 is 5.32 Å². The zero-order valence-corrected chi connectivity index (χ0v) is 41.3. The number of ether oxygens (including phenoxy) is 2. The lowest BCUT2D eigenvalue weighted by Gasteiger charge is -2.40. The fourth-order valence-corrected chi connectivity index (χ4v) is 8.45. The second-order valence-corrected chi connectivity index (χ2v) is 18.6. The van der Waals surface area contributed by atoms with Gasteiger partial charge in [0.25, 0.3) is 0 Å². The zero-order chi connectivity index (χ0) is 46.6. The number of rotatable bonds is 45. The number of amides is 1. The minimum Gasteiger partial charge on any atom is -0.394 e. The van der Waals surface area contributed by atoms with Crippen LogP contribution in [0.5, 0.6) is 0 Å². The summed E-state index contributed by atoms with van der Waals surface area (Å²) in [4.78, 5) is 13.0. The molecule has 1 fully saturated rings. The lowest BCUT2D eigenvalue weighted by Crippen LogP contribution is -2.60. The molecule has 1 heterocycles. The summed E-state index contributed by atoms with van der Waals surface area (Å²) in [6.07, 6.45) is 51.7. The van der Waals surface area contributed by atoms with Crippen LogP contribution in [0.15, 0.2) is 48.6 Å². The standard InChI is InChI=1S/C55H101NO8/c1-3-5-7-9-11-13-14-15-16-17-18-19-20-21-22-23-24-25-26-27-28-29-30-31-32-33-34-35-36-37-39-41-43-45-51(59)56-48(49(58)44-42-40-38-12-10-8-6-4-2)47-63-55-54(62)53(61)52(60)50(46-57)64-55/h5,7,11,13,15-16,18-19,48-50,52-55,57-58,60-62H,3-4,6,8-10,12,14,17,20-47H2,1-2H3,(H,56,59)/b7-5-,13-11-,16-15-,19-18-. The Morgan fingerprint density at radius 2 is 0.969 bits per heavy atom. The van der Waals surface area contributed by atoms with Crippen molar-refractivity contribution >= 4 is 5.91 Å². The number of hydrogen-bond acceptors (Lipinski definition) is 8. The second kappa shape index (κ2) is 45.0. The van der Waals surface area contributed by atoms with E-state index in [1.54, 1.807) is 0 Å². The Hall–Kier alpha value is -1.85. The van der Waals surface area contributed by atoms with Gasteiger partial charge in [-0.3, -0.25) is 4.79 Å². The van der Waals surface area contributed by atoms with E-state index < -0.39 is 49.5 Å². The van der Waals surface area contributed by atoms with Gasteiger partial charge in [-0.15, -0.1) is 0 Å². The average Bonchev–Trinajstić information content (AvgIpc) is 3.29. The van der Waals surface area contributed by atoms with E-state index in [-0.39, 0.29) is 12.5 Å². The molecule has 1 saturated heterocycles. The molecule has 0 aromatic carbocycles. The van der Waals surface area contributed by atoms with Gasteiger partial charge in [0.2, 0.25) is 5.91 Å². The Bertz CT molecular complexity index is 1140. The van der Waals surface area contributed by atoms with Crippen molar-refractivity contribution in [2.45, 2.75) is 281 Å². The number of aliphatic hydroxyl groups is 5. The first kappa shape index (κ1) is 60.2. The number of hydrogen-bond donors (Lipinski definition) is 6. The minimum absolute atomic E-state index is 0.137. The molecule has 9 nitrogen and oxygen atoms in total. The van der Waals surface area contributed by atoms with Crippen LogP contribution in [0, 0.1) is 0 Å². The Morgan fingerprint density at radius 3 is 1.44 bits per heavy atom. The maximum atomic E-state index is 13.0. The van der Waals surface area contributed by atoms with E-state index in [0.29, 0.717) is 12.8 Å². The topological polar surface area (TPSA) is 149 Å². The summed E-state index contributed by atoms with van der Waals surface area (Å²) in [6, 6.07) is -0.715. The first-order chi connectivity index (χ1) is 31.3. The fourth-order valence-electron chi connectivity index (χ4n) is 8.45. The van der Waals surface area contributed by atoms with Crippen LogP contribution in [0.3, 0.4) is 0 Å². The van der Waals surface area contributed by atoms with Gasteiger partial charge in [0.1, 0.15) is 24.4 Å². The Balaban J connectivity index is 2.05. The third-order valence-corrected chi connectivity index (χ3v) is 12.7. The van der Waals surface area contributed by atoms with E-state index in [2.05, 4.69) is 67.8 Å². The van der Waals surface area contributed by atoms with E-state index in [1.165, 1.54) is 148 Å². The molecule has 1 aliphatic rings. The van der Waals surface area contributed by atoms with Gasteiger partial charge in [-0.25, -0.2) is 0 Å². The highest BCUT2D eigenvalue weighted by molar-refractivity contribution is 5.76. The summed E-state index contributed by atoms with van der Waals surface area (Å²) in [6.45, 7) is 3.69. The van der Waals surface area contributed by atoms with Crippen LogP contribution in [0.4, 0.5) is 0 Å². The molecule has 9 heteroatoms. The van der Waals surface area contributed by atoms with E-state index in [9.17, 15) is 30.3 Å². The predicted octanol–water partition coefficient (Wildman–Crippen LogP) is 12.6. The largest absolute Gasteiger partial charge is 0.394 e. The molecule has 6 N–H and O–H groups in total. The molecule has 7 unspecified atom stereocenters. The van der Waals surface area contributed by atoms with Crippen molar-refractivity contribution in [1.29, 1.82) is 0 Å². The third-order valence-electron chi connectivity index (χ3n) is 12.7. The molecule has 1 rings (SSSR count). The van der Waals surface area contributed by atoms with Crippen LogP contribution in [0.2, 0.25) is 0 Å². The molecule has 0 aliphatic carbocycles. The molecular weight excluding hydrogens is 803 g/mol. The Labute approximate surface area is 393 Å². The first-order valence-corrected chi connectivity index (χ1v) is 26.8. The van der Waals surface area contributed by atoms with Gasteiger partial charge in [0.05, 0.1) is 25.4 Å². The average molecular weight is 904 g/mol. The maximum Gasteiger partial charge on any atom is 0.220 e. The zero-order valence-electron chi connectivity index (χ0n) is 41.3. The van der Waals surface area contributed by atoms with E-state index in [1.807, 2.05) is 0 Å². The van der Waals surface area contributed by atoms with Gasteiger partial charge in [0, 0.05) is 6.42 Å². The molecule has 0 spiro atoms. The van der Waals surface area contributed by atoms with Crippen LogP contribution in [-0.2, 0) is 14.3 Å². The van der Waals surface area contributed by atoms with E-state index in [4.69, 9.17) is 9.47 Å². The van der Waals surface area contributed by atoms with Crippen molar-refractivity contribution in [1.82, 2.24) is 5.32 Å². The molecule has 64 heavy (non-hydrogen) atoms. The number of allylic oxidation sites excluding steroid dienone is 8. The van der Waals surface area contributed by atoms with Gasteiger partial charge in [-0.05, 0) is 51.4 Å². The fraction of sp³-hybridized carbons (Fsp3) is 0.836. The highest BCUT2D eigenvalue weighted by Gasteiger charge is 2.44. The molecule has 0 saturated carbocycles. The quantitative estimate of drug-likeness (QED) is 0.0261. The third kappa shape index (κ3) is 34.5. The summed E-state index contributed by atoms with van der Waals surface area (Å²) in [5, 5.41) is 54.2. The van der Waals surface area contributed by atoms with Gasteiger partial charge in [-0.2, -0.15) is 0 Å². The van der Waals surface area contributed by atoms with E-state index in [0.717, 1.165) is 64.2 Å². The van der Waals surface area contributed by atoms with Crippen LogP contribution >= 0.6 is 0 Å². The Morgan fingerprint density at radius 1 is 0.547 bits per heavy atom. The van der Waals surface area contributed by atoms with Gasteiger partial charge >= 0.3 is 0 Å². The molecule has 1 amide bonds. The van der Waals surface area contributed by atoms with Crippen molar-refractivity contribution in [3.8, 4) is 0 Å². The maximum absolute atomic E-state index is 13.0. The number of unbranched alkanes of at least 4 members (excludes halogenated alkanes) is 27. The molecule has 0 radical (unpaired) electrons. The highest BCUT2D eigenvalue weighted by Crippen LogP contribution is 2.23. The molecular formula is C55H101NO8. The van der Waals surface area contributed by atoms with E-state index >= 15 is 0 Å². The number of carbonyl (C=O) groups excluding carboxylic acids is 1. The highest BCUT2D eigenvalue weighted by atomic mass is 16.7. The summed E-state index contributed by atoms with van der Waals surface area (Å²) < 4.78 is 11.2. The molecule has 0 aromatic heterocycles. The number of nitrogens with one attached hydrogen (secondary N) is 1. The molecule has 374 valence electrons. The van der Waals surface area contributed by atoms with Gasteiger partial charge in [-0.1, -0.05) is 229 Å². The SMILES string of the molecule is CC/C=C\C/C=C\C/C=C\C/C=C\CCCCCCCCCCCCCCCCCCCCCCC(=O)NC(COC1OC(CO)C(O)C(O)C1O)C(O)CCCCCCCCCC. The number of carbonyl (C=O) groups is 1. The van der Waals surface area contributed by atoms with Crippen LogP contribution in [0.1, 0.15) is 239 Å². The molecule has 0 aromatic rings. The van der Waals surface area contributed by atoms with Crippen LogP contribution in [0.25, 0.3) is 0 Å². The normalized spacial score (nSPS) is 20.4. The van der Waals surface area contributed by atoms with Crippen molar-refractivity contribution < 1.29 is 39.8 Å². The lowest BCUT2D eigenvalue weighted by molar-refractivity contribution is -0.302. The predicted molar refractivity (Wildman–Crippen MR) is 267 cm³/mol.